The number of aromatic nitrogens is 1. The van der Waals surface area contributed by atoms with E-state index in [2.05, 4.69) is 20.9 Å². The lowest BCUT2D eigenvalue weighted by atomic mass is 9.95. The first-order chi connectivity index (χ1) is 21.2. The normalized spacial score (nSPS) is 14.2. The van der Waals surface area contributed by atoms with Crippen LogP contribution in [0.25, 0.3) is 11.1 Å². The predicted octanol–water partition coefficient (Wildman–Crippen LogP) is 4.44. The van der Waals surface area contributed by atoms with Crippen molar-refractivity contribution in [2.75, 3.05) is 51.1 Å². The average Bonchev–Trinajstić information content (AvgIpc) is 3.26. The van der Waals surface area contributed by atoms with E-state index >= 15 is 0 Å². The van der Waals surface area contributed by atoms with E-state index in [0.29, 0.717) is 65.0 Å². The van der Waals surface area contributed by atoms with E-state index in [9.17, 15) is 14.4 Å². The monoisotopic (exact) mass is 622 g/mol. The first-order valence-corrected chi connectivity index (χ1v) is 15.5. The number of carbonyl (C=O) groups excluding carboxylic acids is 2. The fraction of sp³-hybridized carbons (Fsp3) is 0.375. The molecule has 2 amide bonds. The van der Waals surface area contributed by atoms with E-state index in [0.717, 1.165) is 11.1 Å². The number of methoxy groups -OCH3 is 4. The van der Waals surface area contributed by atoms with Crippen molar-refractivity contribution >= 4 is 35.0 Å². The van der Waals surface area contributed by atoms with Crippen LogP contribution in [-0.4, -0.2) is 63.3 Å². The quantitative estimate of drug-likeness (QED) is 0.266. The van der Waals surface area contributed by atoms with Gasteiger partial charge in [-0.1, -0.05) is 6.07 Å². The summed E-state index contributed by atoms with van der Waals surface area (Å²) in [6.07, 6.45) is 5.07. The van der Waals surface area contributed by atoms with Crippen molar-refractivity contribution in [2.45, 2.75) is 38.3 Å². The molecule has 2 unspecified atom stereocenters. The van der Waals surface area contributed by atoms with Crippen LogP contribution >= 0.6 is 11.8 Å². The number of fused-ring (bicyclic) bond motifs is 3. The number of anilines is 2. The Balaban J connectivity index is 1.81. The topological polar surface area (TPSA) is 137 Å². The number of carbonyl (C=O) groups is 2. The van der Waals surface area contributed by atoms with Crippen molar-refractivity contribution < 1.29 is 28.5 Å². The standard InChI is InChI=1S/C32H38N4O7S/c1-18(37)34-23-10-7-19-15-27(40-2)30(42-4)31(43-5)29(19)21-9-11-24(26(38)16-22(21)23)36-25(13-14-44-6)32(39)35-20-8-12-28(41-3)33-17-20/h8-9,11-12,15-17,23,25H,7,10,13-14H2,1-6H3,(H,34,37)(H,35,39)(H,36,38). The molecule has 1 aliphatic carbocycles. The van der Waals surface area contributed by atoms with Gasteiger partial charge in [0.2, 0.25) is 28.9 Å². The van der Waals surface area contributed by atoms with Crippen molar-refractivity contribution in [3.8, 4) is 34.3 Å². The molecule has 0 bridgehead atoms. The Bertz CT molecular complexity index is 1570. The van der Waals surface area contributed by atoms with Crippen molar-refractivity contribution in [1.29, 1.82) is 0 Å². The molecule has 0 fully saturated rings. The zero-order chi connectivity index (χ0) is 31.8. The van der Waals surface area contributed by atoms with Gasteiger partial charge in [0, 0.05) is 18.6 Å². The summed E-state index contributed by atoms with van der Waals surface area (Å²) in [4.78, 5) is 43.5. The molecule has 1 heterocycles. The number of hydrogen-bond acceptors (Lipinski definition) is 10. The maximum Gasteiger partial charge on any atom is 0.246 e. The summed E-state index contributed by atoms with van der Waals surface area (Å²) in [5.41, 5.74) is 3.44. The Morgan fingerprint density at radius 2 is 1.80 bits per heavy atom. The van der Waals surface area contributed by atoms with Crippen LogP contribution in [0, 0.1) is 0 Å². The largest absolute Gasteiger partial charge is 0.493 e. The SMILES string of the molecule is COc1ccc(NC(=O)C(CCSC)Nc2ccc3c(cc2=O)C(NC(C)=O)CCc2cc(OC)c(OC)c(OC)c2-3)cn1. The van der Waals surface area contributed by atoms with Gasteiger partial charge in [0.05, 0.1) is 52.1 Å². The molecule has 44 heavy (non-hydrogen) atoms. The van der Waals surface area contributed by atoms with Crippen LogP contribution in [0.2, 0.25) is 0 Å². The lowest BCUT2D eigenvalue weighted by Crippen LogP contribution is -2.36. The number of amides is 2. The number of ether oxygens (including phenoxy) is 4. The van der Waals surface area contributed by atoms with E-state index in [4.69, 9.17) is 18.9 Å². The Hall–Kier alpha value is -4.45. The van der Waals surface area contributed by atoms with Crippen LogP contribution in [0.5, 0.6) is 23.1 Å². The number of pyridine rings is 1. The van der Waals surface area contributed by atoms with E-state index < -0.39 is 12.1 Å². The van der Waals surface area contributed by atoms with Crippen molar-refractivity contribution in [3.63, 3.8) is 0 Å². The molecule has 2 atom stereocenters. The van der Waals surface area contributed by atoms with Crippen molar-refractivity contribution in [3.05, 3.63) is 63.9 Å². The van der Waals surface area contributed by atoms with Crippen LogP contribution in [0.1, 0.15) is 36.9 Å². The lowest BCUT2D eigenvalue weighted by molar-refractivity contribution is -0.120. The minimum Gasteiger partial charge on any atom is -0.493 e. The third-order valence-electron chi connectivity index (χ3n) is 7.39. The Morgan fingerprint density at radius 1 is 1.02 bits per heavy atom. The molecule has 0 radical (unpaired) electrons. The van der Waals surface area contributed by atoms with Gasteiger partial charge in [-0.15, -0.1) is 0 Å². The first-order valence-electron chi connectivity index (χ1n) is 14.1. The van der Waals surface area contributed by atoms with Crippen LogP contribution < -0.4 is 40.3 Å². The number of hydrogen-bond donors (Lipinski definition) is 3. The lowest BCUT2D eigenvalue weighted by Gasteiger charge is -2.19. The summed E-state index contributed by atoms with van der Waals surface area (Å²) in [7, 11) is 6.17. The van der Waals surface area contributed by atoms with Gasteiger partial charge in [-0.2, -0.15) is 11.8 Å². The molecule has 11 nitrogen and oxygen atoms in total. The van der Waals surface area contributed by atoms with Crippen LogP contribution in [0.3, 0.4) is 0 Å². The van der Waals surface area contributed by atoms with E-state index in [1.54, 1.807) is 44.2 Å². The number of nitrogens with one attached hydrogen (secondary N) is 3. The fourth-order valence-corrected chi connectivity index (χ4v) is 5.79. The first kappa shape index (κ1) is 32.5. The molecule has 3 N–H and O–H groups in total. The minimum absolute atomic E-state index is 0.215. The maximum absolute atomic E-state index is 13.8. The van der Waals surface area contributed by atoms with Gasteiger partial charge in [0.25, 0.3) is 0 Å². The van der Waals surface area contributed by atoms with Crippen molar-refractivity contribution in [2.24, 2.45) is 0 Å². The predicted molar refractivity (Wildman–Crippen MR) is 173 cm³/mol. The maximum atomic E-state index is 13.8. The van der Waals surface area contributed by atoms with Gasteiger partial charge >= 0.3 is 0 Å². The second-order valence-corrected chi connectivity index (χ2v) is 11.1. The molecule has 2 aromatic carbocycles. The highest BCUT2D eigenvalue weighted by molar-refractivity contribution is 7.98. The Labute approximate surface area is 261 Å². The summed E-state index contributed by atoms with van der Waals surface area (Å²) in [6.45, 7) is 1.45. The van der Waals surface area contributed by atoms with Gasteiger partial charge in [-0.3, -0.25) is 14.4 Å². The molecule has 234 valence electrons. The van der Waals surface area contributed by atoms with E-state index in [-0.39, 0.29) is 22.9 Å². The summed E-state index contributed by atoms with van der Waals surface area (Å²) < 4.78 is 22.2. The van der Waals surface area contributed by atoms with Crippen molar-refractivity contribution in [1.82, 2.24) is 10.3 Å². The summed E-state index contributed by atoms with van der Waals surface area (Å²) >= 11 is 1.60. The highest BCUT2D eigenvalue weighted by atomic mass is 32.2. The van der Waals surface area contributed by atoms with Crippen LogP contribution in [0.4, 0.5) is 11.4 Å². The Kier molecular flexibility index (Phi) is 10.9. The molecule has 0 saturated carbocycles. The van der Waals surface area contributed by atoms with Crippen LogP contribution in [-0.2, 0) is 16.0 Å². The molecule has 1 aromatic heterocycles. The molecular formula is C32H38N4O7S. The average molecular weight is 623 g/mol. The molecule has 3 aromatic rings. The number of rotatable bonds is 12. The second kappa shape index (κ2) is 14.8. The minimum atomic E-state index is -0.711. The zero-order valence-electron chi connectivity index (χ0n) is 25.7. The van der Waals surface area contributed by atoms with E-state index in [1.807, 2.05) is 18.4 Å². The summed E-state index contributed by atoms with van der Waals surface area (Å²) in [5, 5.41) is 9.07. The van der Waals surface area contributed by atoms with Gasteiger partial charge < -0.3 is 34.9 Å². The Morgan fingerprint density at radius 3 is 2.41 bits per heavy atom. The van der Waals surface area contributed by atoms with Gasteiger partial charge in [-0.05, 0) is 72.2 Å². The number of thioether (sulfide) groups is 1. The number of benzene rings is 1. The molecular weight excluding hydrogens is 584 g/mol. The third-order valence-corrected chi connectivity index (χ3v) is 8.03. The molecule has 1 aliphatic rings. The molecule has 4 rings (SSSR count). The van der Waals surface area contributed by atoms with Gasteiger partial charge in [0.1, 0.15) is 6.04 Å². The number of nitrogens with zero attached hydrogens (tertiary/aromatic N) is 1. The highest BCUT2D eigenvalue weighted by Crippen LogP contribution is 2.50. The fourth-order valence-electron chi connectivity index (χ4n) is 5.32. The molecule has 12 heteroatoms. The van der Waals surface area contributed by atoms with E-state index in [1.165, 1.54) is 33.4 Å². The molecule has 0 saturated heterocycles. The number of aryl methyl sites for hydroxylation is 1. The zero-order valence-corrected chi connectivity index (χ0v) is 26.6. The second-order valence-electron chi connectivity index (χ2n) is 10.2. The molecule has 0 aliphatic heterocycles. The highest BCUT2D eigenvalue weighted by Gasteiger charge is 2.30. The van der Waals surface area contributed by atoms with Gasteiger partial charge in [-0.25, -0.2) is 4.98 Å². The molecule has 0 spiro atoms. The van der Waals surface area contributed by atoms with Crippen LogP contribution in [0.15, 0.2) is 47.4 Å². The smallest absolute Gasteiger partial charge is 0.246 e. The summed E-state index contributed by atoms with van der Waals surface area (Å²) in [5.74, 6) is 2.00. The summed E-state index contributed by atoms with van der Waals surface area (Å²) in [6, 6.07) is 9.12. The third kappa shape index (κ3) is 7.19. The van der Waals surface area contributed by atoms with Gasteiger partial charge in [0.15, 0.2) is 11.5 Å².